The maximum Gasteiger partial charge on any atom is 0.335 e. The van der Waals surface area contributed by atoms with Crippen LogP contribution in [0.2, 0.25) is 0 Å². The zero-order chi connectivity index (χ0) is 51.8. The van der Waals surface area contributed by atoms with E-state index in [9.17, 15) is 34.5 Å². The molecule has 1 aliphatic heterocycles. The molecular formula is C59H96O12. The highest BCUT2D eigenvalue weighted by atomic mass is 16.7. The van der Waals surface area contributed by atoms with Crippen molar-refractivity contribution in [2.45, 2.75) is 250 Å². The lowest BCUT2D eigenvalue weighted by molar-refractivity contribution is -0.301. The Hall–Kier alpha value is -4.10. The normalized spacial score (nSPS) is 19.1. The summed E-state index contributed by atoms with van der Waals surface area (Å²) in [6, 6.07) is 0. The number of ether oxygens (including phenoxy) is 5. The minimum Gasteiger partial charge on any atom is -0.479 e. The molecule has 0 aromatic heterocycles. The van der Waals surface area contributed by atoms with E-state index in [0.717, 1.165) is 103 Å². The van der Waals surface area contributed by atoms with Crippen molar-refractivity contribution in [1.29, 1.82) is 0 Å². The summed E-state index contributed by atoms with van der Waals surface area (Å²) in [6.45, 7) is 5.73. The molecule has 0 radical (unpaired) electrons. The SMILES string of the molecule is CC/C=C\C/C=C\C/C=C\C/C=C\C/C=C\C/C=C\CCC(=O)OCC(COC1OC(C(=O)O)C(O)C(O)C1OC(=O)CCCCCCCCCCC)OC(=O)CCCCCCC/C=C\CCCCCC. The molecule has 0 aliphatic carbocycles. The molecule has 0 spiro atoms. The van der Waals surface area contributed by atoms with E-state index in [4.69, 9.17) is 23.7 Å². The number of aliphatic hydroxyl groups excluding tert-OH is 2. The zero-order valence-corrected chi connectivity index (χ0v) is 44.2. The molecule has 1 fully saturated rings. The molecule has 1 rings (SSSR count). The van der Waals surface area contributed by atoms with E-state index in [1.807, 2.05) is 12.2 Å². The van der Waals surface area contributed by atoms with Gasteiger partial charge in [0.1, 0.15) is 18.8 Å². The van der Waals surface area contributed by atoms with Crippen LogP contribution in [-0.2, 0) is 42.9 Å². The van der Waals surface area contributed by atoms with Gasteiger partial charge >= 0.3 is 23.9 Å². The monoisotopic (exact) mass is 997 g/mol. The minimum absolute atomic E-state index is 0.0508. The standard InChI is InChI=1S/C59H96O12/c1-4-7-10-13-16-19-21-23-24-25-26-27-28-30-31-34-36-39-42-45-51(60)67-48-50(69-52(61)46-43-40-38-35-32-29-22-20-17-14-11-8-5-2)49-68-59-57(55(64)54(63)56(71-59)58(65)66)70-53(62)47-44-41-37-33-18-15-12-9-6-3/h7,10,16,19-20,22-24,26-27,30-31,36,39,50,54-57,59,63-64H,4-6,8-9,11-15,17-18,21,25,28-29,32-35,37-38,40-49H2,1-3H3,(H,65,66)/b10-7-,19-16-,22-20-,24-23-,27-26-,31-30-,39-36-. The summed E-state index contributed by atoms with van der Waals surface area (Å²) in [7, 11) is 0. The number of carboxylic acid groups (broad SMARTS) is 1. The molecular weight excluding hydrogens is 901 g/mol. The molecule has 1 saturated heterocycles. The summed E-state index contributed by atoms with van der Waals surface area (Å²) in [5.74, 6) is -3.25. The second-order valence-electron chi connectivity index (χ2n) is 18.5. The second kappa shape index (κ2) is 46.9. The van der Waals surface area contributed by atoms with Gasteiger partial charge in [0.25, 0.3) is 0 Å². The fourth-order valence-electron chi connectivity index (χ4n) is 7.74. The smallest absolute Gasteiger partial charge is 0.335 e. The Morgan fingerprint density at radius 2 is 0.915 bits per heavy atom. The summed E-state index contributed by atoms with van der Waals surface area (Å²) in [5.41, 5.74) is 0. The van der Waals surface area contributed by atoms with Crippen LogP contribution in [0.25, 0.3) is 0 Å². The van der Waals surface area contributed by atoms with E-state index < -0.39 is 67.3 Å². The summed E-state index contributed by atoms with van der Waals surface area (Å²) in [6.07, 6.45) is 47.4. The maximum atomic E-state index is 13.1. The molecule has 6 unspecified atom stereocenters. The third-order valence-electron chi connectivity index (χ3n) is 12.0. The highest BCUT2D eigenvalue weighted by Gasteiger charge is 2.50. The van der Waals surface area contributed by atoms with Crippen molar-refractivity contribution < 1.29 is 58.2 Å². The molecule has 12 heteroatoms. The van der Waals surface area contributed by atoms with Gasteiger partial charge in [0.05, 0.1) is 6.61 Å². The Bertz CT molecular complexity index is 1560. The molecule has 6 atom stereocenters. The second-order valence-corrected chi connectivity index (χ2v) is 18.5. The van der Waals surface area contributed by atoms with Crippen LogP contribution in [0.3, 0.4) is 0 Å². The summed E-state index contributed by atoms with van der Waals surface area (Å²) < 4.78 is 28.2. The molecule has 0 aromatic carbocycles. The number of hydrogen-bond acceptors (Lipinski definition) is 11. The first kappa shape index (κ1) is 64.9. The van der Waals surface area contributed by atoms with Gasteiger partial charge in [-0.25, -0.2) is 4.79 Å². The third kappa shape index (κ3) is 37.3. The van der Waals surface area contributed by atoms with E-state index in [2.05, 4.69) is 93.7 Å². The van der Waals surface area contributed by atoms with Crippen LogP contribution in [-0.4, -0.2) is 89.2 Å². The number of rotatable bonds is 45. The number of carboxylic acids is 1. The van der Waals surface area contributed by atoms with Crippen LogP contribution < -0.4 is 0 Å². The van der Waals surface area contributed by atoms with E-state index in [1.54, 1.807) is 0 Å². The van der Waals surface area contributed by atoms with Crippen LogP contribution in [0.1, 0.15) is 213 Å². The number of carbonyl (C=O) groups is 4. The van der Waals surface area contributed by atoms with E-state index in [1.165, 1.54) is 51.4 Å². The van der Waals surface area contributed by atoms with Crippen molar-refractivity contribution in [3.05, 3.63) is 85.1 Å². The number of carbonyl (C=O) groups excluding carboxylic acids is 3. The van der Waals surface area contributed by atoms with Gasteiger partial charge in [-0.3, -0.25) is 14.4 Å². The quantitative estimate of drug-likeness (QED) is 0.0228. The summed E-state index contributed by atoms with van der Waals surface area (Å²) in [4.78, 5) is 50.8. The highest BCUT2D eigenvalue weighted by molar-refractivity contribution is 5.74. The van der Waals surface area contributed by atoms with Gasteiger partial charge in [-0.15, -0.1) is 0 Å². The predicted molar refractivity (Wildman–Crippen MR) is 284 cm³/mol. The van der Waals surface area contributed by atoms with Gasteiger partial charge in [0, 0.05) is 19.3 Å². The molecule has 0 aromatic rings. The fraction of sp³-hybridized carbons (Fsp3) is 0.695. The van der Waals surface area contributed by atoms with Gasteiger partial charge in [-0.05, 0) is 83.5 Å². The Labute approximate surface area is 429 Å². The Morgan fingerprint density at radius 3 is 1.42 bits per heavy atom. The van der Waals surface area contributed by atoms with Gasteiger partial charge in [0.2, 0.25) is 0 Å². The topological polar surface area (TPSA) is 175 Å². The van der Waals surface area contributed by atoms with Crippen LogP contribution in [0.4, 0.5) is 0 Å². The molecule has 3 N–H and O–H groups in total. The fourth-order valence-corrected chi connectivity index (χ4v) is 7.74. The van der Waals surface area contributed by atoms with Crippen molar-refractivity contribution in [1.82, 2.24) is 0 Å². The lowest BCUT2D eigenvalue weighted by Crippen LogP contribution is -2.61. The van der Waals surface area contributed by atoms with Crippen LogP contribution in [0.15, 0.2) is 85.1 Å². The minimum atomic E-state index is -1.91. The van der Waals surface area contributed by atoms with Crippen LogP contribution in [0, 0.1) is 0 Å². The Morgan fingerprint density at radius 1 is 0.479 bits per heavy atom. The van der Waals surface area contributed by atoms with Crippen molar-refractivity contribution in [2.24, 2.45) is 0 Å². The van der Waals surface area contributed by atoms with Crippen molar-refractivity contribution >= 4 is 23.9 Å². The van der Waals surface area contributed by atoms with Crippen molar-refractivity contribution in [3.63, 3.8) is 0 Å². The van der Waals surface area contributed by atoms with E-state index in [-0.39, 0.29) is 25.9 Å². The average Bonchev–Trinajstić information content (AvgIpc) is 3.35. The molecule has 0 amide bonds. The number of aliphatic carboxylic acids is 1. The average molecular weight is 997 g/mol. The summed E-state index contributed by atoms with van der Waals surface area (Å²) >= 11 is 0. The Balaban J connectivity index is 2.75. The lowest BCUT2D eigenvalue weighted by atomic mass is 9.98. The van der Waals surface area contributed by atoms with Gasteiger partial charge in [-0.2, -0.15) is 0 Å². The molecule has 0 bridgehead atoms. The van der Waals surface area contributed by atoms with Gasteiger partial charge in [0.15, 0.2) is 24.6 Å². The molecule has 1 heterocycles. The first-order chi connectivity index (χ1) is 34.6. The maximum absolute atomic E-state index is 13.1. The molecule has 1 aliphatic rings. The first-order valence-corrected chi connectivity index (χ1v) is 27.6. The number of aliphatic hydroxyl groups is 2. The Kier molecular flexibility index (Phi) is 42.9. The molecule has 12 nitrogen and oxygen atoms in total. The lowest BCUT2D eigenvalue weighted by Gasteiger charge is -2.40. The van der Waals surface area contributed by atoms with Gasteiger partial charge in [-0.1, -0.05) is 196 Å². The van der Waals surface area contributed by atoms with Crippen LogP contribution >= 0.6 is 0 Å². The number of esters is 3. The third-order valence-corrected chi connectivity index (χ3v) is 12.0. The number of unbranched alkanes of at least 4 members (excludes halogenated alkanes) is 17. The predicted octanol–water partition coefficient (Wildman–Crippen LogP) is 13.6. The largest absolute Gasteiger partial charge is 0.479 e. The van der Waals surface area contributed by atoms with Crippen molar-refractivity contribution in [2.75, 3.05) is 13.2 Å². The van der Waals surface area contributed by atoms with Crippen molar-refractivity contribution in [3.8, 4) is 0 Å². The summed E-state index contributed by atoms with van der Waals surface area (Å²) in [5, 5.41) is 31.3. The first-order valence-electron chi connectivity index (χ1n) is 27.6. The molecule has 71 heavy (non-hydrogen) atoms. The number of allylic oxidation sites excluding steroid dienone is 14. The zero-order valence-electron chi connectivity index (χ0n) is 44.2. The molecule has 404 valence electrons. The van der Waals surface area contributed by atoms with E-state index in [0.29, 0.717) is 19.3 Å². The number of hydrogen-bond donors (Lipinski definition) is 3. The van der Waals surface area contributed by atoms with Gasteiger partial charge < -0.3 is 39.0 Å². The highest BCUT2D eigenvalue weighted by Crippen LogP contribution is 2.26. The van der Waals surface area contributed by atoms with Crippen LogP contribution in [0.5, 0.6) is 0 Å². The van der Waals surface area contributed by atoms with E-state index >= 15 is 0 Å². The molecule has 0 saturated carbocycles.